The van der Waals surface area contributed by atoms with Crippen LogP contribution in [0.15, 0.2) is 30.5 Å². The third-order valence-corrected chi connectivity index (χ3v) is 12.3. The molecular weight excluding hydrogens is 570 g/mol. The zero-order valence-electron chi connectivity index (χ0n) is 25.0. The Labute approximate surface area is 243 Å². The fraction of sp³-hybridized carbons (Fsp3) is 0.483. The van der Waals surface area contributed by atoms with Crippen molar-refractivity contribution in [2.75, 3.05) is 17.7 Å². The number of aryl methyl sites for hydroxylation is 1. The maximum atomic E-state index is 14.9. The molecule has 2 heterocycles. The van der Waals surface area contributed by atoms with Crippen LogP contribution in [0.5, 0.6) is 5.75 Å². The van der Waals surface area contributed by atoms with Crippen LogP contribution in [0.3, 0.4) is 0 Å². The van der Waals surface area contributed by atoms with Crippen molar-refractivity contribution in [3.63, 3.8) is 0 Å². The highest BCUT2D eigenvalue weighted by atomic mass is 28.4. The molecule has 42 heavy (non-hydrogen) atoms. The number of nitrogens with one attached hydrogen (secondary N) is 2. The number of carbonyl (C=O) groups is 1. The number of pyridine rings is 1. The van der Waals surface area contributed by atoms with Crippen molar-refractivity contribution >= 4 is 48.3 Å². The van der Waals surface area contributed by atoms with E-state index < -0.39 is 31.5 Å². The summed E-state index contributed by atoms with van der Waals surface area (Å²) in [6, 6.07) is 4.34. The van der Waals surface area contributed by atoms with Crippen molar-refractivity contribution in [1.82, 2.24) is 14.8 Å². The number of carbonyl (C=O) groups excluding carboxylic acids is 1. The third kappa shape index (κ3) is 6.31. The lowest BCUT2D eigenvalue weighted by molar-refractivity contribution is -0.201. The molecule has 1 aromatic carbocycles. The lowest BCUT2D eigenvalue weighted by Crippen LogP contribution is -2.44. The van der Waals surface area contributed by atoms with Gasteiger partial charge >= 0.3 is 6.18 Å². The van der Waals surface area contributed by atoms with E-state index in [4.69, 9.17) is 9.16 Å². The van der Waals surface area contributed by atoms with Gasteiger partial charge in [-0.3, -0.25) is 9.48 Å². The molecule has 8 nitrogen and oxygen atoms in total. The first-order valence-corrected chi connectivity index (χ1v) is 16.6. The first kappa shape index (κ1) is 31.5. The molecule has 228 valence electrons. The molecule has 1 aliphatic rings. The Hall–Kier alpha value is -3.45. The smallest absolute Gasteiger partial charge is 0.417 e. The number of benzene rings is 1. The number of halogens is 4. The minimum absolute atomic E-state index is 0.0616. The summed E-state index contributed by atoms with van der Waals surface area (Å²) < 4.78 is 71.7. The number of amides is 1. The second kappa shape index (κ2) is 11.3. The van der Waals surface area contributed by atoms with Gasteiger partial charge in [0.15, 0.2) is 20.2 Å². The van der Waals surface area contributed by atoms with Crippen LogP contribution in [-0.2, 0) is 16.3 Å². The molecule has 1 atom stereocenters. The number of methoxy groups -OCH3 is 1. The summed E-state index contributed by atoms with van der Waals surface area (Å²) >= 11 is 0. The van der Waals surface area contributed by atoms with E-state index in [9.17, 15) is 22.4 Å². The zero-order valence-corrected chi connectivity index (χ0v) is 26.0. The van der Waals surface area contributed by atoms with E-state index >= 15 is 0 Å². The van der Waals surface area contributed by atoms with Crippen molar-refractivity contribution in [2.45, 2.75) is 70.9 Å². The minimum atomic E-state index is -4.73. The number of anilines is 3. The fourth-order valence-electron chi connectivity index (χ4n) is 4.31. The fourth-order valence-corrected chi connectivity index (χ4v) is 5.51. The molecule has 1 fully saturated rings. The Morgan fingerprint density at radius 1 is 1.21 bits per heavy atom. The molecule has 0 spiro atoms. The highest BCUT2D eigenvalue weighted by molar-refractivity contribution is 6.74. The number of rotatable bonds is 9. The molecule has 1 amide bonds. The van der Waals surface area contributed by atoms with Crippen LogP contribution in [-0.4, -0.2) is 42.3 Å². The van der Waals surface area contributed by atoms with Gasteiger partial charge in [-0.2, -0.15) is 18.3 Å². The highest BCUT2D eigenvalue weighted by Crippen LogP contribution is 2.49. The molecule has 2 N–H and O–H groups in total. The molecule has 3 aromatic rings. The van der Waals surface area contributed by atoms with Crippen molar-refractivity contribution in [2.24, 2.45) is 13.0 Å². The molecule has 2 aromatic heterocycles. The molecular formula is C29H37F4N5O3Si. The Morgan fingerprint density at radius 2 is 1.88 bits per heavy atom. The van der Waals surface area contributed by atoms with Gasteiger partial charge in [-0.1, -0.05) is 32.9 Å². The van der Waals surface area contributed by atoms with Gasteiger partial charge in [0.25, 0.3) is 0 Å². The minimum Gasteiger partial charge on any atom is -0.496 e. The van der Waals surface area contributed by atoms with Crippen molar-refractivity contribution in [3.05, 3.63) is 41.6 Å². The van der Waals surface area contributed by atoms with E-state index in [2.05, 4.69) is 20.7 Å². The summed E-state index contributed by atoms with van der Waals surface area (Å²) in [4.78, 5) is 16.5. The summed E-state index contributed by atoms with van der Waals surface area (Å²) in [6.07, 6.45) is -2.85. The number of ether oxygens (including phenoxy) is 1. The first-order valence-electron chi connectivity index (χ1n) is 13.7. The van der Waals surface area contributed by atoms with Crippen LogP contribution >= 0.6 is 0 Å². The molecule has 1 saturated carbocycles. The highest BCUT2D eigenvalue weighted by Gasteiger charge is 2.50. The topological polar surface area (TPSA) is 90.3 Å². The van der Waals surface area contributed by atoms with Gasteiger partial charge in [0.2, 0.25) is 5.91 Å². The summed E-state index contributed by atoms with van der Waals surface area (Å²) in [5, 5.41) is 10.1. The summed E-state index contributed by atoms with van der Waals surface area (Å²) in [5.74, 6) is -0.564. The van der Waals surface area contributed by atoms with Crippen LogP contribution in [0.2, 0.25) is 18.1 Å². The van der Waals surface area contributed by atoms with Gasteiger partial charge in [0.1, 0.15) is 17.4 Å². The van der Waals surface area contributed by atoms with Crippen LogP contribution in [0.1, 0.15) is 57.8 Å². The average molecular weight is 608 g/mol. The van der Waals surface area contributed by atoms with Gasteiger partial charge in [-0.05, 0) is 44.0 Å². The maximum Gasteiger partial charge on any atom is 0.417 e. The summed E-state index contributed by atoms with van der Waals surface area (Å²) in [7, 11) is 0.0471. The molecule has 1 unspecified atom stereocenters. The van der Waals surface area contributed by atoms with Crippen molar-refractivity contribution in [3.8, 4) is 5.75 Å². The summed E-state index contributed by atoms with van der Waals surface area (Å²) in [6.45, 7) is 10.6. The maximum absolute atomic E-state index is 14.9. The lowest BCUT2D eigenvalue weighted by atomic mass is 10.0. The van der Waals surface area contributed by atoms with Gasteiger partial charge in [-0.15, -0.1) is 0 Å². The molecule has 0 saturated heterocycles. The van der Waals surface area contributed by atoms with E-state index in [-0.39, 0.29) is 51.4 Å². The Balaban J connectivity index is 1.86. The Bertz CT molecular complexity index is 1520. The number of nitrogens with zero attached hydrogens (tertiary/aromatic N) is 3. The third-order valence-electron chi connectivity index (χ3n) is 7.87. The van der Waals surface area contributed by atoms with E-state index in [1.807, 2.05) is 20.8 Å². The standard InChI is InChI=1S/C29H37F4N5O3Si/c1-9-19(30)18-15-34-22(36-27(39)16-10-11-16)14-20(18)35-26-23-21(38(5)37-26)13-12-17(24(23)40-6)25(29(31,32)33)41-42(7,8)28(2,3)4/h9,12-16,25H,10-11H2,1-8H3,(H2,34,35,36,37,39)/b19-9-. The monoisotopic (exact) mass is 607 g/mol. The second-order valence-electron chi connectivity index (χ2n) is 12.0. The number of fused-ring (bicyclic) bond motifs is 1. The summed E-state index contributed by atoms with van der Waals surface area (Å²) in [5.41, 5.74) is 0.593. The number of hydrogen-bond acceptors (Lipinski definition) is 6. The number of alkyl halides is 3. The van der Waals surface area contributed by atoms with Crippen LogP contribution in [0, 0.1) is 5.92 Å². The normalized spacial score (nSPS) is 15.6. The predicted molar refractivity (Wildman–Crippen MR) is 158 cm³/mol. The van der Waals surface area contributed by atoms with E-state index in [1.165, 1.54) is 49.2 Å². The van der Waals surface area contributed by atoms with E-state index in [1.54, 1.807) is 20.1 Å². The predicted octanol–water partition coefficient (Wildman–Crippen LogP) is 8.02. The molecule has 1 aliphatic carbocycles. The van der Waals surface area contributed by atoms with Crippen LogP contribution in [0.25, 0.3) is 16.7 Å². The van der Waals surface area contributed by atoms with Gasteiger partial charge in [0.05, 0.1) is 29.3 Å². The molecule has 4 rings (SSSR count). The Morgan fingerprint density at radius 3 is 2.43 bits per heavy atom. The average Bonchev–Trinajstić information content (AvgIpc) is 3.70. The quantitative estimate of drug-likeness (QED) is 0.189. The SMILES string of the molecule is C/C=C(\F)c1cnc(NC(=O)C2CC2)cc1Nc1nn(C)c2ccc(C(O[Si](C)(C)C(C)(C)C)C(F)(F)F)c(OC)c12. The van der Waals surface area contributed by atoms with Gasteiger partial charge in [0, 0.05) is 30.8 Å². The number of aromatic nitrogens is 3. The van der Waals surface area contributed by atoms with E-state index in [0.717, 1.165) is 12.8 Å². The van der Waals surface area contributed by atoms with Crippen molar-refractivity contribution in [1.29, 1.82) is 0 Å². The second-order valence-corrected chi connectivity index (χ2v) is 16.8. The van der Waals surface area contributed by atoms with Gasteiger partial charge < -0.3 is 19.8 Å². The molecule has 13 heteroatoms. The molecule has 0 bridgehead atoms. The number of hydrogen-bond donors (Lipinski definition) is 2. The lowest BCUT2D eigenvalue weighted by Gasteiger charge is -2.40. The van der Waals surface area contributed by atoms with Gasteiger partial charge in [-0.25, -0.2) is 9.37 Å². The van der Waals surface area contributed by atoms with Crippen LogP contribution in [0.4, 0.5) is 34.9 Å². The number of allylic oxidation sites excluding steroid dienone is 1. The first-order chi connectivity index (χ1) is 19.5. The molecule has 0 radical (unpaired) electrons. The van der Waals surface area contributed by atoms with Crippen LogP contribution < -0.4 is 15.4 Å². The van der Waals surface area contributed by atoms with E-state index in [0.29, 0.717) is 5.52 Å². The molecule has 0 aliphatic heterocycles. The Kier molecular flexibility index (Phi) is 8.49. The largest absolute Gasteiger partial charge is 0.496 e. The zero-order chi connectivity index (χ0) is 31.2. The van der Waals surface area contributed by atoms with Crippen molar-refractivity contribution < 1.29 is 31.5 Å².